The normalized spacial score (nSPS) is 19.0. The first kappa shape index (κ1) is 12.6. The van der Waals surface area contributed by atoms with Gasteiger partial charge in [0.05, 0.1) is 0 Å². The molecule has 1 heterocycles. The lowest BCUT2D eigenvalue weighted by Gasteiger charge is -2.22. The highest BCUT2D eigenvalue weighted by molar-refractivity contribution is 5.98. The second-order valence-electron chi connectivity index (χ2n) is 4.74. The summed E-state index contributed by atoms with van der Waals surface area (Å²) >= 11 is 0. The highest BCUT2D eigenvalue weighted by Gasteiger charge is 2.34. The number of carboxylic acids is 1. The molecule has 1 N–H and O–H groups in total. The van der Waals surface area contributed by atoms with Crippen LogP contribution < -0.4 is 0 Å². The number of rotatable bonds is 2. The van der Waals surface area contributed by atoms with E-state index in [1.807, 2.05) is 26.0 Å². The van der Waals surface area contributed by atoms with Gasteiger partial charge in [-0.05, 0) is 43.9 Å². The Bertz CT molecular complexity index is 496. The summed E-state index contributed by atoms with van der Waals surface area (Å²) in [5.74, 6) is -1.08. The highest BCUT2D eigenvalue weighted by atomic mass is 16.4. The molecule has 1 saturated heterocycles. The number of carboxylic acid groups (broad SMARTS) is 1. The zero-order chi connectivity index (χ0) is 13.3. The van der Waals surface area contributed by atoms with Gasteiger partial charge in [0.15, 0.2) is 0 Å². The molecule has 96 valence electrons. The Morgan fingerprint density at radius 1 is 1.33 bits per heavy atom. The first-order valence-corrected chi connectivity index (χ1v) is 6.12. The maximum Gasteiger partial charge on any atom is 0.326 e. The van der Waals surface area contributed by atoms with Crippen LogP contribution in [0.25, 0.3) is 0 Å². The van der Waals surface area contributed by atoms with Gasteiger partial charge in [-0.3, -0.25) is 4.79 Å². The number of carbonyl (C=O) groups excluding carboxylic acids is 1. The van der Waals surface area contributed by atoms with Gasteiger partial charge < -0.3 is 10.0 Å². The van der Waals surface area contributed by atoms with Crippen LogP contribution in [0.5, 0.6) is 0 Å². The molecule has 1 aliphatic heterocycles. The molecule has 1 fully saturated rings. The summed E-state index contributed by atoms with van der Waals surface area (Å²) in [6.07, 6.45) is 1.31. The lowest BCUT2D eigenvalue weighted by molar-refractivity contribution is -0.141. The summed E-state index contributed by atoms with van der Waals surface area (Å²) in [7, 11) is 0. The number of hydrogen-bond acceptors (Lipinski definition) is 2. The van der Waals surface area contributed by atoms with Gasteiger partial charge in [0.2, 0.25) is 0 Å². The van der Waals surface area contributed by atoms with Crippen molar-refractivity contribution in [1.29, 1.82) is 0 Å². The fourth-order valence-electron chi connectivity index (χ4n) is 2.40. The number of aryl methyl sites for hydroxylation is 1. The van der Waals surface area contributed by atoms with Crippen LogP contribution in [0.15, 0.2) is 18.2 Å². The topological polar surface area (TPSA) is 57.6 Å². The van der Waals surface area contributed by atoms with Crippen molar-refractivity contribution in [3.63, 3.8) is 0 Å². The van der Waals surface area contributed by atoms with Gasteiger partial charge >= 0.3 is 5.97 Å². The van der Waals surface area contributed by atoms with Crippen LogP contribution in [0.4, 0.5) is 0 Å². The monoisotopic (exact) mass is 247 g/mol. The molecule has 0 aromatic heterocycles. The summed E-state index contributed by atoms with van der Waals surface area (Å²) in [6.45, 7) is 4.38. The van der Waals surface area contributed by atoms with Crippen LogP contribution in [-0.2, 0) is 4.79 Å². The second-order valence-corrected chi connectivity index (χ2v) is 4.74. The molecule has 18 heavy (non-hydrogen) atoms. The van der Waals surface area contributed by atoms with E-state index in [9.17, 15) is 9.59 Å². The predicted molar refractivity (Wildman–Crippen MR) is 67.6 cm³/mol. The number of benzene rings is 1. The molecule has 0 radical (unpaired) electrons. The van der Waals surface area contributed by atoms with E-state index in [0.717, 1.165) is 17.5 Å². The third kappa shape index (κ3) is 2.10. The van der Waals surface area contributed by atoms with Crippen molar-refractivity contribution in [3.8, 4) is 0 Å². The molecular formula is C14H17NO3. The zero-order valence-corrected chi connectivity index (χ0v) is 10.6. The van der Waals surface area contributed by atoms with Gasteiger partial charge in [0.25, 0.3) is 5.91 Å². The molecule has 1 amide bonds. The SMILES string of the molecule is Cc1cccc(C(=O)N2CCC[C@@H]2C(=O)O)c1C. The van der Waals surface area contributed by atoms with Crippen molar-refractivity contribution < 1.29 is 14.7 Å². The minimum Gasteiger partial charge on any atom is -0.480 e. The van der Waals surface area contributed by atoms with Gasteiger partial charge in [-0.2, -0.15) is 0 Å². The van der Waals surface area contributed by atoms with Crippen LogP contribution in [0.1, 0.15) is 34.3 Å². The maximum atomic E-state index is 12.4. The maximum absolute atomic E-state index is 12.4. The van der Waals surface area contributed by atoms with Crippen molar-refractivity contribution in [2.45, 2.75) is 32.7 Å². The average Bonchev–Trinajstić information content (AvgIpc) is 2.81. The molecule has 1 aromatic carbocycles. The number of carbonyl (C=O) groups is 2. The Morgan fingerprint density at radius 2 is 2.06 bits per heavy atom. The molecule has 0 saturated carbocycles. The number of hydrogen-bond donors (Lipinski definition) is 1. The molecule has 0 spiro atoms. The third-order valence-corrected chi connectivity index (χ3v) is 3.63. The first-order chi connectivity index (χ1) is 8.52. The minimum atomic E-state index is -0.911. The minimum absolute atomic E-state index is 0.166. The van der Waals surface area contributed by atoms with Crippen LogP contribution >= 0.6 is 0 Å². The lowest BCUT2D eigenvalue weighted by Crippen LogP contribution is -2.40. The van der Waals surface area contributed by atoms with E-state index in [0.29, 0.717) is 18.5 Å². The fraction of sp³-hybridized carbons (Fsp3) is 0.429. The van der Waals surface area contributed by atoms with Gasteiger partial charge in [-0.25, -0.2) is 4.79 Å². The van der Waals surface area contributed by atoms with Crippen molar-refractivity contribution >= 4 is 11.9 Å². The molecule has 2 rings (SSSR count). The van der Waals surface area contributed by atoms with Gasteiger partial charge in [-0.1, -0.05) is 12.1 Å². The molecule has 4 nitrogen and oxygen atoms in total. The second kappa shape index (κ2) is 4.80. The number of nitrogens with zero attached hydrogens (tertiary/aromatic N) is 1. The van der Waals surface area contributed by atoms with Crippen LogP contribution in [-0.4, -0.2) is 34.5 Å². The molecule has 0 aliphatic carbocycles. The number of aliphatic carboxylic acids is 1. The number of likely N-dealkylation sites (tertiary alicyclic amines) is 1. The van der Waals surface area contributed by atoms with Gasteiger partial charge in [-0.15, -0.1) is 0 Å². The van der Waals surface area contributed by atoms with Crippen molar-refractivity contribution in [3.05, 3.63) is 34.9 Å². The largest absolute Gasteiger partial charge is 0.480 e. The Kier molecular flexibility index (Phi) is 3.36. The van der Waals surface area contributed by atoms with Gasteiger partial charge in [0, 0.05) is 12.1 Å². The molecular weight excluding hydrogens is 230 g/mol. The average molecular weight is 247 g/mol. The van der Waals surface area contributed by atoms with E-state index in [1.54, 1.807) is 6.07 Å². The quantitative estimate of drug-likeness (QED) is 0.869. The summed E-state index contributed by atoms with van der Waals surface area (Å²) in [5, 5.41) is 9.11. The molecule has 0 unspecified atom stereocenters. The van der Waals surface area contributed by atoms with Crippen LogP contribution in [0.2, 0.25) is 0 Å². The van der Waals surface area contributed by atoms with Crippen LogP contribution in [0.3, 0.4) is 0 Å². The first-order valence-electron chi connectivity index (χ1n) is 6.12. The number of amides is 1. The standard InChI is InChI=1S/C14H17NO3/c1-9-5-3-6-11(10(9)2)13(16)15-8-4-7-12(15)14(17)18/h3,5-6,12H,4,7-8H2,1-2H3,(H,17,18)/t12-/m1/s1. The zero-order valence-electron chi connectivity index (χ0n) is 10.6. The van der Waals surface area contributed by atoms with E-state index >= 15 is 0 Å². The molecule has 0 bridgehead atoms. The van der Waals surface area contributed by atoms with E-state index < -0.39 is 12.0 Å². The summed E-state index contributed by atoms with van der Waals surface area (Å²) in [5.41, 5.74) is 2.59. The Hall–Kier alpha value is -1.84. The predicted octanol–water partition coefficient (Wildman–Crippen LogP) is 1.99. The van der Waals surface area contributed by atoms with E-state index in [4.69, 9.17) is 5.11 Å². The van der Waals surface area contributed by atoms with E-state index in [-0.39, 0.29) is 5.91 Å². The lowest BCUT2D eigenvalue weighted by atomic mass is 10.0. The summed E-state index contributed by atoms with van der Waals surface area (Å²) in [4.78, 5) is 25.0. The Morgan fingerprint density at radius 3 is 2.72 bits per heavy atom. The molecule has 1 aromatic rings. The molecule has 1 aliphatic rings. The summed E-state index contributed by atoms with van der Waals surface area (Å²) < 4.78 is 0. The molecule has 4 heteroatoms. The van der Waals surface area contributed by atoms with E-state index in [1.165, 1.54) is 4.90 Å². The smallest absolute Gasteiger partial charge is 0.326 e. The fourth-order valence-corrected chi connectivity index (χ4v) is 2.40. The molecule has 1 atom stereocenters. The van der Waals surface area contributed by atoms with E-state index in [2.05, 4.69) is 0 Å². The Balaban J connectivity index is 2.31. The van der Waals surface area contributed by atoms with Crippen LogP contribution in [0, 0.1) is 13.8 Å². The van der Waals surface area contributed by atoms with Crippen molar-refractivity contribution in [1.82, 2.24) is 4.90 Å². The third-order valence-electron chi connectivity index (χ3n) is 3.63. The van der Waals surface area contributed by atoms with Crippen molar-refractivity contribution in [2.24, 2.45) is 0 Å². The highest BCUT2D eigenvalue weighted by Crippen LogP contribution is 2.22. The summed E-state index contributed by atoms with van der Waals surface area (Å²) in [6, 6.07) is 4.88. The Labute approximate surface area is 106 Å². The van der Waals surface area contributed by atoms with Gasteiger partial charge in [0.1, 0.15) is 6.04 Å². The van der Waals surface area contributed by atoms with Crippen molar-refractivity contribution in [2.75, 3.05) is 6.54 Å².